The fourth-order valence-electron chi connectivity index (χ4n) is 4.34. The Kier molecular flexibility index (Phi) is 6.20. The molecule has 8 heteroatoms. The van der Waals surface area contributed by atoms with Gasteiger partial charge in [-0.3, -0.25) is 9.36 Å². The second kappa shape index (κ2) is 8.83. The van der Waals surface area contributed by atoms with Gasteiger partial charge in [-0.2, -0.15) is 5.10 Å². The minimum atomic E-state index is -0.179. The molecule has 2 aromatic rings. The first kappa shape index (κ1) is 20.3. The zero-order chi connectivity index (χ0) is 20.3. The molecular formula is C21H27BrN4O3. The Labute approximate surface area is 178 Å². The molecule has 0 saturated carbocycles. The number of aromatic nitrogens is 3. The Morgan fingerprint density at radius 3 is 2.86 bits per heavy atom. The van der Waals surface area contributed by atoms with Crippen molar-refractivity contribution in [3.8, 4) is 0 Å². The molecule has 1 amide bonds. The Bertz CT molecular complexity index is 930. The zero-order valence-corrected chi connectivity index (χ0v) is 18.1. The van der Waals surface area contributed by atoms with Crippen LogP contribution in [0.1, 0.15) is 43.5 Å². The summed E-state index contributed by atoms with van der Waals surface area (Å²) in [5.74, 6) is 0.622. The molecule has 29 heavy (non-hydrogen) atoms. The summed E-state index contributed by atoms with van der Waals surface area (Å²) in [5, 5.41) is 7.47. The number of amides is 1. The Morgan fingerprint density at radius 1 is 1.24 bits per heavy atom. The SMILES string of the molecule is O=C(Cn1nc2n(c1=O)CCCCC2)NCC1(c2cccc(Br)c2)CCOCC1. The second-order valence-corrected chi connectivity index (χ2v) is 8.91. The van der Waals surface area contributed by atoms with Crippen molar-refractivity contribution in [1.82, 2.24) is 19.7 Å². The topological polar surface area (TPSA) is 78.2 Å². The van der Waals surface area contributed by atoms with Gasteiger partial charge < -0.3 is 10.1 Å². The van der Waals surface area contributed by atoms with E-state index in [1.165, 1.54) is 10.2 Å². The number of nitrogens with zero attached hydrogens (tertiary/aromatic N) is 3. The van der Waals surface area contributed by atoms with Gasteiger partial charge in [-0.1, -0.05) is 34.5 Å². The summed E-state index contributed by atoms with van der Waals surface area (Å²) in [7, 11) is 0. The van der Waals surface area contributed by atoms with Gasteiger partial charge in [0.05, 0.1) is 0 Å². The third kappa shape index (κ3) is 4.48. The van der Waals surface area contributed by atoms with Crippen molar-refractivity contribution in [1.29, 1.82) is 0 Å². The predicted molar refractivity (Wildman–Crippen MR) is 113 cm³/mol. The van der Waals surface area contributed by atoms with Crippen molar-refractivity contribution in [2.24, 2.45) is 0 Å². The number of nitrogens with one attached hydrogen (secondary N) is 1. The van der Waals surface area contributed by atoms with Crippen LogP contribution < -0.4 is 11.0 Å². The van der Waals surface area contributed by atoms with E-state index in [4.69, 9.17) is 4.74 Å². The second-order valence-electron chi connectivity index (χ2n) is 8.00. The number of carbonyl (C=O) groups excluding carboxylic acids is 1. The first-order valence-electron chi connectivity index (χ1n) is 10.3. The Balaban J connectivity index is 1.46. The number of hydrogen-bond donors (Lipinski definition) is 1. The summed E-state index contributed by atoms with van der Waals surface area (Å²) >= 11 is 3.55. The van der Waals surface area contributed by atoms with Crippen molar-refractivity contribution in [3.05, 3.63) is 50.6 Å². The number of aryl methyl sites for hydroxylation is 1. The summed E-state index contributed by atoms with van der Waals surface area (Å²) in [6.45, 7) is 2.53. The lowest BCUT2D eigenvalue weighted by atomic mass is 9.74. The quantitative estimate of drug-likeness (QED) is 0.739. The van der Waals surface area contributed by atoms with Gasteiger partial charge in [-0.15, -0.1) is 0 Å². The van der Waals surface area contributed by atoms with Gasteiger partial charge in [0.25, 0.3) is 0 Å². The summed E-state index contributed by atoms with van der Waals surface area (Å²) in [5.41, 5.74) is 0.861. The van der Waals surface area contributed by atoms with E-state index >= 15 is 0 Å². The molecule has 156 valence electrons. The van der Waals surface area contributed by atoms with Gasteiger partial charge in [0.15, 0.2) is 0 Å². The van der Waals surface area contributed by atoms with Crippen LogP contribution >= 0.6 is 15.9 Å². The molecule has 0 atom stereocenters. The number of ether oxygens (including phenoxy) is 1. The molecule has 0 spiro atoms. The predicted octanol–water partition coefficient (Wildman–Crippen LogP) is 2.40. The highest BCUT2D eigenvalue weighted by Gasteiger charge is 2.35. The highest BCUT2D eigenvalue weighted by atomic mass is 79.9. The van der Waals surface area contributed by atoms with E-state index in [2.05, 4.69) is 38.5 Å². The van der Waals surface area contributed by atoms with E-state index in [-0.39, 0.29) is 23.6 Å². The normalized spacial score (nSPS) is 18.7. The minimum Gasteiger partial charge on any atom is -0.381 e. The van der Waals surface area contributed by atoms with Gasteiger partial charge in [0.1, 0.15) is 12.4 Å². The summed E-state index contributed by atoms with van der Waals surface area (Å²) in [6, 6.07) is 8.26. The van der Waals surface area contributed by atoms with E-state index in [0.717, 1.165) is 48.8 Å². The van der Waals surface area contributed by atoms with Crippen molar-refractivity contribution in [3.63, 3.8) is 0 Å². The highest BCUT2D eigenvalue weighted by molar-refractivity contribution is 9.10. The molecule has 7 nitrogen and oxygen atoms in total. The van der Waals surface area contributed by atoms with Crippen molar-refractivity contribution in [2.45, 2.75) is 57.0 Å². The van der Waals surface area contributed by atoms with Crippen molar-refractivity contribution < 1.29 is 9.53 Å². The van der Waals surface area contributed by atoms with Crippen LogP contribution in [0.3, 0.4) is 0 Å². The monoisotopic (exact) mass is 462 g/mol. The standard InChI is InChI=1S/C21H27BrN4O3/c22-17-6-4-5-16(13-17)21(8-11-29-12-9-21)15-23-19(27)14-26-20(28)25-10-3-1-2-7-18(25)24-26/h4-6,13H,1-3,7-12,14-15H2,(H,23,27). The number of benzene rings is 1. The maximum Gasteiger partial charge on any atom is 0.346 e. The van der Waals surface area contributed by atoms with E-state index < -0.39 is 0 Å². The largest absolute Gasteiger partial charge is 0.381 e. The number of halogens is 1. The molecule has 2 aliphatic rings. The molecule has 0 bridgehead atoms. The van der Waals surface area contributed by atoms with Crippen molar-refractivity contribution >= 4 is 21.8 Å². The van der Waals surface area contributed by atoms with Crippen LogP contribution in [0, 0.1) is 0 Å². The molecule has 1 N–H and O–H groups in total. The first-order valence-corrected chi connectivity index (χ1v) is 11.1. The maximum atomic E-state index is 12.7. The molecule has 2 aliphatic heterocycles. The van der Waals surface area contributed by atoms with Crippen molar-refractivity contribution in [2.75, 3.05) is 19.8 Å². The lowest BCUT2D eigenvalue weighted by Crippen LogP contribution is -2.46. The zero-order valence-electron chi connectivity index (χ0n) is 16.5. The fourth-order valence-corrected chi connectivity index (χ4v) is 4.74. The number of carbonyl (C=O) groups is 1. The number of rotatable bonds is 5. The third-order valence-electron chi connectivity index (χ3n) is 6.09. The van der Waals surface area contributed by atoms with Gasteiger partial charge in [-0.25, -0.2) is 9.48 Å². The summed E-state index contributed by atoms with van der Waals surface area (Å²) in [4.78, 5) is 25.3. The number of hydrogen-bond acceptors (Lipinski definition) is 4. The average Bonchev–Trinajstić information content (AvgIpc) is 2.89. The minimum absolute atomic E-state index is 0.0378. The van der Waals surface area contributed by atoms with Crippen LogP contribution in [-0.4, -0.2) is 40.0 Å². The molecule has 0 aliphatic carbocycles. The molecule has 1 saturated heterocycles. The highest BCUT2D eigenvalue weighted by Crippen LogP contribution is 2.35. The lowest BCUT2D eigenvalue weighted by molar-refractivity contribution is -0.122. The average molecular weight is 463 g/mol. The lowest BCUT2D eigenvalue weighted by Gasteiger charge is -2.38. The molecular weight excluding hydrogens is 436 g/mol. The van der Waals surface area contributed by atoms with Gasteiger partial charge in [-0.05, 0) is 43.4 Å². The van der Waals surface area contributed by atoms with Crippen LogP contribution in [0.25, 0.3) is 0 Å². The van der Waals surface area contributed by atoms with E-state index in [1.54, 1.807) is 4.57 Å². The maximum absolute atomic E-state index is 12.7. The Morgan fingerprint density at radius 2 is 2.07 bits per heavy atom. The van der Waals surface area contributed by atoms with Crippen LogP contribution in [0.15, 0.2) is 33.5 Å². The van der Waals surface area contributed by atoms with Crippen LogP contribution in [-0.2, 0) is 34.5 Å². The van der Waals surface area contributed by atoms with Crippen LogP contribution in [0.4, 0.5) is 0 Å². The van der Waals surface area contributed by atoms with Crippen LogP contribution in [0.5, 0.6) is 0 Å². The molecule has 0 radical (unpaired) electrons. The summed E-state index contributed by atoms with van der Waals surface area (Å²) in [6.07, 6.45) is 5.65. The number of fused-ring (bicyclic) bond motifs is 1. The smallest absolute Gasteiger partial charge is 0.346 e. The molecule has 0 unspecified atom stereocenters. The molecule has 1 fully saturated rings. The third-order valence-corrected chi connectivity index (χ3v) is 6.58. The summed E-state index contributed by atoms with van der Waals surface area (Å²) < 4.78 is 9.63. The fraction of sp³-hybridized carbons (Fsp3) is 0.571. The Hall–Kier alpha value is -1.93. The molecule has 3 heterocycles. The molecule has 1 aromatic heterocycles. The van der Waals surface area contributed by atoms with Gasteiger partial charge in [0.2, 0.25) is 5.91 Å². The molecule has 1 aromatic carbocycles. The van der Waals surface area contributed by atoms with Crippen LogP contribution in [0.2, 0.25) is 0 Å². The first-order chi connectivity index (χ1) is 14.1. The van der Waals surface area contributed by atoms with Gasteiger partial charge in [0, 0.05) is 42.6 Å². The van der Waals surface area contributed by atoms with E-state index in [9.17, 15) is 9.59 Å². The van der Waals surface area contributed by atoms with E-state index in [0.29, 0.717) is 26.3 Å². The van der Waals surface area contributed by atoms with E-state index in [1.807, 2.05) is 12.1 Å². The van der Waals surface area contributed by atoms with Gasteiger partial charge >= 0.3 is 5.69 Å². The molecule has 4 rings (SSSR count).